The number of benzene rings is 1. The quantitative estimate of drug-likeness (QED) is 0.919. The molecule has 2 rings (SSSR count). The average molecular weight is 336 g/mol. The summed E-state index contributed by atoms with van der Waals surface area (Å²) in [5.74, 6) is 0.227. The molecule has 0 aliphatic carbocycles. The van der Waals surface area contributed by atoms with Gasteiger partial charge in [0.2, 0.25) is 5.91 Å². The molecule has 5 heteroatoms. The largest absolute Gasteiger partial charge is 0.384 e. The van der Waals surface area contributed by atoms with Crippen molar-refractivity contribution in [1.82, 2.24) is 4.90 Å². The van der Waals surface area contributed by atoms with Gasteiger partial charge in [-0.25, -0.2) is 0 Å². The first-order valence-electron chi connectivity index (χ1n) is 6.92. The lowest BCUT2D eigenvalue weighted by Gasteiger charge is -2.26. The summed E-state index contributed by atoms with van der Waals surface area (Å²) in [7, 11) is 0. The Kier molecular flexibility index (Phi) is 5.42. The van der Waals surface area contributed by atoms with Gasteiger partial charge in [0, 0.05) is 36.2 Å². The number of nitriles is 1. The average Bonchev–Trinajstić information content (AvgIpc) is 2.48. The Morgan fingerprint density at radius 1 is 1.35 bits per heavy atom. The number of rotatable bonds is 4. The van der Waals surface area contributed by atoms with Crippen LogP contribution in [0.5, 0.6) is 0 Å². The molecule has 0 spiro atoms. The lowest BCUT2D eigenvalue weighted by Crippen LogP contribution is -2.36. The van der Waals surface area contributed by atoms with Gasteiger partial charge in [-0.05, 0) is 53.4 Å². The zero-order chi connectivity index (χ0) is 14.4. The lowest BCUT2D eigenvalue weighted by molar-refractivity contribution is -0.131. The van der Waals surface area contributed by atoms with Crippen LogP contribution < -0.4 is 5.32 Å². The molecule has 0 radical (unpaired) electrons. The highest BCUT2D eigenvalue weighted by atomic mass is 79.9. The number of nitrogens with one attached hydrogen (secondary N) is 1. The summed E-state index contributed by atoms with van der Waals surface area (Å²) in [6, 6.07) is 7.59. The van der Waals surface area contributed by atoms with E-state index in [1.54, 1.807) is 6.07 Å². The Morgan fingerprint density at radius 3 is 2.75 bits per heavy atom. The molecule has 1 amide bonds. The van der Waals surface area contributed by atoms with Gasteiger partial charge in [0.1, 0.15) is 6.07 Å². The molecule has 0 bridgehead atoms. The van der Waals surface area contributed by atoms with Crippen LogP contribution in [0.15, 0.2) is 22.7 Å². The summed E-state index contributed by atoms with van der Waals surface area (Å²) >= 11 is 3.35. The predicted molar refractivity (Wildman–Crippen MR) is 82.4 cm³/mol. The van der Waals surface area contributed by atoms with Crippen LogP contribution in [0.4, 0.5) is 5.69 Å². The smallest absolute Gasteiger partial charge is 0.224 e. The van der Waals surface area contributed by atoms with E-state index in [0.717, 1.165) is 36.1 Å². The van der Waals surface area contributed by atoms with Crippen LogP contribution in [0, 0.1) is 11.3 Å². The summed E-state index contributed by atoms with van der Waals surface area (Å²) in [5, 5.41) is 12.1. The molecule has 0 saturated carbocycles. The van der Waals surface area contributed by atoms with Crippen LogP contribution in [0.25, 0.3) is 0 Å². The van der Waals surface area contributed by atoms with Crippen LogP contribution in [-0.2, 0) is 4.79 Å². The van der Waals surface area contributed by atoms with Crippen LogP contribution >= 0.6 is 15.9 Å². The van der Waals surface area contributed by atoms with Crippen molar-refractivity contribution in [2.24, 2.45) is 0 Å². The van der Waals surface area contributed by atoms with E-state index in [1.165, 1.54) is 6.42 Å². The van der Waals surface area contributed by atoms with Crippen molar-refractivity contribution < 1.29 is 4.79 Å². The number of anilines is 1. The Bertz CT molecular complexity index is 518. The third-order valence-corrected chi connectivity index (χ3v) is 4.12. The van der Waals surface area contributed by atoms with E-state index in [9.17, 15) is 4.79 Å². The van der Waals surface area contributed by atoms with E-state index in [2.05, 4.69) is 27.3 Å². The summed E-state index contributed by atoms with van der Waals surface area (Å²) < 4.78 is 0.771. The molecule has 1 aliphatic rings. The number of halogens is 1. The number of hydrogen-bond donors (Lipinski definition) is 1. The van der Waals surface area contributed by atoms with Crippen molar-refractivity contribution in [2.45, 2.75) is 25.7 Å². The van der Waals surface area contributed by atoms with Crippen molar-refractivity contribution in [1.29, 1.82) is 5.26 Å². The molecule has 1 aromatic carbocycles. The maximum absolute atomic E-state index is 12.0. The molecule has 1 N–H and O–H groups in total. The normalized spacial score (nSPS) is 14.7. The second-order valence-electron chi connectivity index (χ2n) is 4.92. The van der Waals surface area contributed by atoms with Gasteiger partial charge in [0.15, 0.2) is 0 Å². The molecule has 1 saturated heterocycles. The standard InChI is InChI=1S/C15H18BrN3O/c16-14-10-13(5-4-12(14)11-17)18-7-6-15(20)19-8-2-1-3-9-19/h4-5,10,18H,1-3,6-9H2. The Hall–Kier alpha value is -1.54. The fraction of sp³-hybridized carbons (Fsp3) is 0.467. The van der Waals surface area contributed by atoms with Crippen LogP contribution in [0.3, 0.4) is 0 Å². The van der Waals surface area contributed by atoms with E-state index < -0.39 is 0 Å². The second-order valence-corrected chi connectivity index (χ2v) is 5.78. The maximum atomic E-state index is 12.0. The van der Waals surface area contributed by atoms with Gasteiger partial charge in [-0.3, -0.25) is 4.79 Å². The molecule has 20 heavy (non-hydrogen) atoms. The predicted octanol–water partition coefficient (Wildman–Crippen LogP) is 3.14. The van der Waals surface area contributed by atoms with E-state index in [4.69, 9.17) is 5.26 Å². The molecule has 0 aromatic heterocycles. The first-order chi connectivity index (χ1) is 9.70. The Labute approximate surface area is 127 Å². The Morgan fingerprint density at radius 2 is 2.10 bits per heavy atom. The minimum atomic E-state index is 0.227. The SMILES string of the molecule is N#Cc1ccc(NCCC(=O)N2CCCCC2)cc1Br. The second kappa shape index (κ2) is 7.30. The van der Waals surface area contributed by atoms with Gasteiger partial charge >= 0.3 is 0 Å². The highest BCUT2D eigenvalue weighted by molar-refractivity contribution is 9.10. The molecule has 1 heterocycles. The monoisotopic (exact) mass is 335 g/mol. The van der Waals surface area contributed by atoms with Crippen molar-refractivity contribution in [3.05, 3.63) is 28.2 Å². The minimum absolute atomic E-state index is 0.227. The van der Waals surface area contributed by atoms with Gasteiger partial charge in [0.05, 0.1) is 5.56 Å². The summed E-state index contributed by atoms with van der Waals surface area (Å²) in [6.45, 7) is 2.43. The first-order valence-corrected chi connectivity index (χ1v) is 7.71. The molecule has 0 unspecified atom stereocenters. The third-order valence-electron chi connectivity index (χ3n) is 3.47. The number of hydrogen-bond acceptors (Lipinski definition) is 3. The first kappa shape index (κ1) is 14.9. The highest BCUT2D eigenvalue weighted by Crippen LogP contribution is 2.20. The molecule has 4 nitrogen and oxygen atoms in total. The highest BCUT2D eigenvalue weighted by Gasteiger charge is 2.15. The maximum Gasteiger partial charge on any atom is 0.224 e. The van der Waals surface area contributed by atoms with Gasteiger partial charge < -0.3 is 10.2 Å². The van der Waals surface area contributed by atoms with Gasteiger partial charge in [-0.2, -0.15) is 5.26 Å². The molecular formula is C15H18BrN3O. The molecule has 1 aliphatic heterocycles. The van der Waals surface area contributed by atoms with Crippen molar-refractivity contribution in [3.8, 4) is 6.07 Å². The van der Waals surface area contributed by atoms with Gasteiger partial charge in [-0.1, -0.05) is 0 Å². The number of likely N-dealkylation sites (tertiary alicyclic amines) is 1. The fourth-order valence-electron chi connectivity index (χ4n) is 2.33. The third kappa shape index (κ3) is 3.97. The number of carbonyl (C=O) groups is 1. The van der Waals surface area contributed by atoms with Gasteiger partial charge in [-0.15, -0.1) is 0 Å². The van der Waals surface area contributed by atoms with E-state index in [1.807, 2.05) is 17.0 Å². The number of carbonyl (C=O) groups excluding carboxylic acids is 1. The van der Waals surface area contributed by atoms with E-state index in [-0.39, 0.29) is 5.91 Å². The summed E-state index contributed by atoms with van der Waals surface area (Å²) in [6.07, 6.45) is 4.00. The molecule has 0 atom stereocenters. The van der Waals surface area contributed by atoms with E-state index >= 15 is 0 Å². The molecular weight excluding hydrogens is 318 g/mol. The van der Waals surface area contributed by atoms with Gasteiger partial charge in [0.25, 0.3) is 0 Å². The zero-order valence-electron chi connectivity index (χ0n) is 11.4. The zero-order valence-corrected chi connectivity index (χ0v) is 12.9. The number of nitrogens with zero attached hydrogens (tertiary/aromatic N) is 2. The van der Waals surface area contributed by atoms with Crippen molar-refractivity contribution in [3.63, 3.8) is 0 Å². The Balaban J connectivity index is 1.79. The van der Waals surface area contributed by atoms with Crippen LogP contribution in [0.1, 0.15) is 31.2 Å². The number of piperidine rings is 1. The fourth-order valence-corrected chi connectivity index (χ4v) is 2.80. The molecule has 106 valence electrons. The lowest BCUT2D eigenvalue weighted by atomic mass is 10.1. The van der Waals surface area contributed by atoms with Crippen molar-refractivity contribution >= 4 is 27.5 Å². The minimum Gasteiger partial charge on any atom is -0.384 e. The topological polar surface area (TPSA) is 56.1 Å². The molecule has 1 aromatic rings. The summed E-state index contributed by atoms with van der Waals surface area (Å²) in [5.41, 5.74) is 1.53. The number of amides is 1. The van der Waals surface area contributed by atoms with Crippen LogP contribution in [-0.4, -0.2) is 30.4 Å². The van der Waals surface area contributed by atoms with Crippen LogP contribution in [0.2, 0.25) is 0 Å². The summed E-state index contributed by atoms with van der Waals surface area (Å²) in [4.78, 5) is 13.9. The van der Waals surface area contributed by atoms with E-state index in [0.29, 0.717) is 18.5 Å². The van der Waals surface area contributed by atoms with Crippen molar-refractivity contribution in [2.75, 3.05) is 25.0 Å². The molecule has 1 fully saturated rings.